The number of benzene rings is 1. The van der Waals surface area contributed by atoms with E-state index in [1.54, 1.807) is 6.20 Å². The summed E-state index contributed by atoms with van der Waals surface area (Å²) in [6.07, 6.45) is 5.11. The standard InChI is InChI=1S/C14H16N2OS/c1-9-13(5-7-17-9)18-14-3-2-12(15)10-4-6-16-8-11(10)14/h2-4,6,8-9,13H,5,7,15H2,1H3. The van der Waals surface area contributed by atoms with Crippen LogP contribution in [-0.4, -0.2) is 22.9 Å². The second-order valence-corrected chi connectivity index (χ2v) is 5.88. The van der Waals surface area contributed by atoms with Crippen LogP contribution >= 0.6 is 11.8 Å². The molecule has 18 heavy (non-hydrogen) atoms. The summed E-state index contributed by atoms with van der Waals surface area (Å²) in [7, 11) is 0. The molecule has 1 aromatic heterocycles. The van der Waals surface area contributed by atoms with Gasteiger partial charge in [0.25, 0.3) is 0 Å². The Morgan fingerprint density at radius 1 is 1.33 bits per heavy atom. The molecule has 2 unspecified atom stereocenters. The Balaban J connectivity index is 1.99. The van der Waals surface area contributed by atoms with Crippen LogP contribution < -0.4 is 5.73 Å². The molecule has 3 nitrogen and oxygen atoms in total. The van der Waals surface area contributed by atoms with Crippen LogP contribution in [0, 0.1) is 0 Å². The van der Waals surface area contributed by atoms with E-state index < -0.39 is 0 Å². The minimum absolute atomic E-state index is 0.319. The Morgan fingerprint density at radius 2 is 2.22 bits per heavy atom. The van der Waals surface area contributed by atoms with Crippen molar-refractivity contribution >= 4 is 28.2 Å². The van der Waals surface area contributed by atoms with Crippen molar-refractivity contribution in [3.63, 3.8) is 0 Å². The minimum Gasteiger partial charge on any atom is -0.398 e. The lowest BCUT2D eigenvalue weighted by Crippen LogP contribution is -2.13. The van der Waals surface area contributed by atoms with Gasteiger partial charge in [-0.2, -0.15) is 0 Å². The molecule has 1 saturated heterocycles. The van der Waals surface area contributed by atoms with Crippen LogP contribution in [0.15, 0.2) is 35.5 Å². The van der Waals surface area contributed by atoms with Gasteiger partial charge in [0.2, 0.25) is 0 Å². The fourth-order valence-corrected chi connectivity index (χ4v) is 3.57. The Bertz CT molecular complexity index is 573. The first-order valence-electron chi connectivity index (χ1n) is 6.16. The van der Waals surface area contributed by atoms with Crippen molar-refractivity contribution in [2.75, 3.05) is 12.3 Å². The number of thioether (sulfide) groups is 1. The normalized spacial score (nSPS) is 23.6. The lowest BCUT2D eigenvalue weighted by Gasteiger charge is -2.15. The number of hydrogen-bond acceptors (Lipinski definition) is 4. The second kappa shape index (κ2) is 4.78. The first-order chi connectivity index (χ1) is 8.75. The highest BCUT2D eigenvalue weighted by atomic mass is 32.2. The Hall–Kier alpha value is -1.26. The van der Waals surface area contributed by atoms with Crippen LogP contribution in [0.5, 0.6) is 0 Å². The maximum Gasteiger partial charge on any atom is 0.0669 e. The number of anilines is 1. The highest BCUT2D eigenvalue weighted by molar-refractivity contribution is 8.00. The van der Waals surface area contributed by atoms with E-state index in [9.17, 15) is 0 Å². The number of nitrogens with two attached hydrogens (primary N) is 1. The number of ether oxygens (including phenoxy) is 1. The first kappa shape index (κ1) is 11.8. The number of nitrogen functional groups attached to an aromatic ring is 1. The third kappa shape index (κ3) is 2.06. The predicted octanol–water partition coefficient (Wildman–Crippen LogP) is 3.09. The van der Waals surface area contributed by atoms with Gasteiger partial charge < -0.3 is 10.5 Å². The summed E-state index contributed by atoms with van der Waals surface area (Å²) in [6.45, 7) is 3.01. The molecule has 3 rings (SSSR count). The SMILES string of the molecule is CC1OCCC1Sc1ccc(N)c2ccncc12. The van der Waals surface area contributed by atoms with Gasteiger partial charge in [0, 0.05) is 45.6 Å². The fourth-order valence-electron chi connectivity index (χ4n) is 2.32. The van der Waals surface area contributed by atoms with Gasteiger partial charge in [-0.3, -0.25) is 4.98 Å². The molecule has 1 aliphatic rings. The molecule has 94 valence electrons. The van der Waals surface area contributed by atoms with Gasteiger partial charge in [0.05, 0.1) is 6.10 Å². The predicted molar refractivity (Wildman–Crippen MR) is 75.8 cm³/mol. The number of pyridine rings is 1. The van der Waals surface area contributed by atoms with Gasteiger partial charge in [-0.25, -0.2) is 0 Å². The van der Waals surface area contributed by atoms with E-state index in [-0.39, 0.29) is 0 Å². The zero-order valence-corrected chi connectivity index (χ0v) is 11.1. The zero-order valence-electron chi connectivity index (χ0n) is 10.3. The number of aromatic nitrogens is 1. The number of hydrogen-bond donors (Lipinski definition) is 1. The molecule has 1 aromatic carbocycles. The Morgan fingerprint density at radius 3 is 3.00 bits per heavy atom. The zero-order chi connectivity index (χ0) is 12.5. The van der Waals surface area contributed by atoms with Crippen LogP contribution in [0.25, 0.3) is 10.8 Å². The van der Waals surface area contributed by atoms with Crippen molar-refractivity contribution in [3.05, 3.63) is 30.6 Å². The monoisotopic (exact) mass is 260 g/mol. The maximum absolute atomic E-state index is 6.00. The molecule has 0 bridgehead atoms. The van der Waals surface area contributed by atoms with Gasteiger partial charge in [0.1, 0.15) is 0 Å². The Kier molecular flexibility index (Phi) is 3.14. The summed E-state index contributed by atoms with van der Waals surface area (Å²) >= 11 is 1.88. The molecule has 4 heteroatoms. The molecular formula is C14H16N2OS. The van der Waals surface area contributed by atoms with Gasteiger partial charge in [-0.1, -0.05) is 0 Å². The van der Waals surface area contributed by atoms with Crippen LogP contribution in [0.3, 0.4) is 0 Å². The summed E-state index contributed by atoms with van der Waals surface area (Å²) in [5.74, 6) is 0. The molecule has 2 N–H and O–H groups in total. The summed E-state index contributed by atoms with van der Waals surface area (Å²) in [4.78, 5) is 5.45. The average Bonchev–Trinajstić information content (AvgIpc) is 2.79. The van der Waals surface area contributed by atoms with Crippen LogP contribution in [-0.2, 0) is 4.74 Å². The van der Waals surface area contributed by atoms with Gasteiger partial charge in [-0.15, -0.1) is 11.8 Å². The van der Waals surface area contributed by atoms with Crippen molar-refractivity contribution in [1.29, 1.82) is 0 Å². The van der Waals surface area contributed by atoms with Crippen molar-refractivity contribution in [3.8, 4) is 0 Å². The second-order valence-electron chi connectivity index (χ2n) is 4.60. The number of fused-ring (bicyclic) bond motifs is 1. The fraction of sp³-hybridized carbons (Fsp3) is 0.357. The van der Waals surface area contributed by atoms with Crippen LogP contribution in [0.1, 0.15) is 13.3 Å². The summed E-state index contributed by atoms with van der Waals surface area (Å²) < 4.78 is 5.61. The van der Waals surface area contributed by atoms with Crippen molar-refractivity contribution in [2.45, 2.75) is 29.6 Å². The molecular weight excluding hydrogens is 244 g/mol. The summed E-state index contributed by atoms with van der Waals surface area (Å²) in [5.41, 5.74) is 6.81. The molecule has 0 spiro atoms. The molecule has 0 amide bonds. The summed E-state index contributed by atoms with van der Waals surface area (Å²) in [6, 6.07) is 6.05. The van der Waals surface area contributed by atoms with Gasteiger partial charge in [0.15, 0.2) is 0 Å². The highest BCUT2D eigenvalue weighted by Gasteiger charge is 2.25. The van der Waals surface area contributed by atoms with E-state index in [0.29, 0.717) is 11.4 Å². The largest absolute Gasteiger partial charge is 0.398 e. The van der Waals surface area contributed by atoms with E-state index in [1.807, 2.05) is 30.1 Å². The summed E-state index contributed by atoms with van der Waals surface area (Å²) in [5, 5.41) is 2.75. The molecule has 2 aromatic rings. The van der Waals surface area contributed by atoms with Crippen molar-refractivity contribution < 1.29 is 4.74 Å². The highest BCUT2D eigenvalue weighted by Crippen LogP contribution is 2.37. The molecule has 1 fully saturated rings. The van der Waals surface area contributed by atoms with Gasteiger partial charge >= 0.3 is 0 Å². The minimum atomic E-state index is 0.319. The van der Waals surface area contributed by atoms with E-state index in [2.05, 4.69) is 18.0 Å². The van der Waals surface area contributed by atoms with Crippen molar-refractivity contribution in [1.82, 2.24) is 4.98 Å². The Labute approximate surface area is 111 Å². The van der Waals surface area contributed by atoms with E-state index in [4.69, 9.17) is 10.5 Å². The molecule has 0 saturated carbocycles. The maximum atomic E-state index is 6.00. The quantitative estimate of drug-likeness (QED) is 0.843. The lowest BCUT2D eigenvalue weighted by atomic mass is 10.1. The van der Waals surface area contributed by atoms with Gasteiger partial charge in [-0.05, 0) is 31.5 Å². The lowest BCUT2D eigenvalue weighted by molar-refractivity contribution is 0.127. The average molecular weight is 260 g/mol. The van der Waals surface area contributed by atoms with Crippen LogP contribution in [0.2, 0.25) is 0 Å². The molecule has 0 aliphatic carbocycles. The third-order valence-electron chi connectivity index (χ3n) is 3.40. The molecule has 2 heterocycles. The van der Waals surface area contributed by atoms with E-state index in [0.717, 1.165) is 29.5 Å². The topological polar surface area (TPSA) is 48.1 Å². The molecule has 2 atom stereocenters. The van der Waals surface area contributed by atoms with Crippen LogP contribution in [0.4, 0.5) is 5.69 Å². The smallest absolute Gasteiger partial charge is 0.0669 e. The first-order valence-corrected chi connectivity index (χ1v) is 7.04. The number of rotatable bonds is 2. The molecule has 1 aliphatic heterocycles. The van der Waals surface area contributed by atoms with Crippen molar-refractivity contribution in [2.24, 2.45) is 0 Å². The van der Waals surface area contributed by atoms with E-state index in [1.165, 1.54) is 4.90 Å². The van der Waals surface area contributed by atoms with E-state index >= 15 is 0 Å². The number of nitrogens with zero attached hydrogens (tertiary/aromatic N) is 1. The third-order valence-corrected chi connectivity index (χ3v) is 4.93. The molecule has 0 radical (unpaired) electrons.